The molecule has 2 aromatic heterocycles. The summed E-state index contributed by atoms with van der Waals surface area (Å²) >= 11 is 6.20. The zero-order valence-corrected chi connectivity index (χ0v) is 17.6. The van der Waals surface area contributed by atoms with Gasteiger partial charge in [0.05, 0.1) is 23.5 Å². The average molecular weight is 436 g/mol. The zero-order chi connectivity index (χ0) is 21.2. The Morgan fingerprint density at radius 1 is 1.13 bits per heavy atom. The van der Waals surface area contributed by atoms with Crippen LogP contribution in [0.2, 0.25) is 5.02 Å². The van der Waals surface area contributed by atoms with E-state index in [1.807, 2.05) is 54.6 Å². The minimum atomic E-state index is -0.184. The first-order valence-corrected chi connectivity index (χ1v) is 10.7. The zero-order valence-electron chi connectivity index (χ0n) is 16.9. The molecule has 0 aliphatic carbocycles. The molecule has 7 nitrogen and oxygen atoms in total. The number of fused-ring (bicyclic) bond motifs is 1. The third-order valence-electron chi connectivity index (χ3n) is 5.56. The number of hydrogen-bond acceptors (Lipinski definition) is 5. The van der Waals surface area contributed by atoms with Crippen LogP contribution in [0.5, 0.6) is 5.75 Å². The highest BCUT2D eigenvalue weighted by molar-refractivity contribution is 6.32. The maximum atomic E-state index is 12.7. The number of benzene rings is 2. The van der Waals surface area contributed by atoms with Crippen molar-refractivity contribution in [3.05, 3.63) is 76.2 Å². The lowest BCUT2D eigenvalue weighted by Crippen LogP contribution is -2.39. The Kier molecular flexibility index (Phi) is 5.34. The van der Waals surface area contributed by atoms with E-state index >= 15 is 0 Å². The van der Waals surface area contributed by atoms with Gasteiger partial charge in [0.15, 0.2) is 5.65 Å². The van der Waals surface area contributed by atoms with Crippen LogP contribution < -0.4 is 15.2 Å². The minimum absolute atomic E-state index is 0.184. The molecule has 31 heavy (non-hydrogen) atoms. The normalized spacial score (nSPS) is 16.5. The van der Waals surface area contributed by atoms with Crippen molar-refractivity contribution in [3.63, 3.8) is 0 Å². The molecule has 0 spiro atoms. The Balaban J connectivity index is 1.38. The van der Waals surface area contributed by atoms with Crippen LogP contribution in [0.15, 0.2) is 65.6 Å². The number of aromatic nitrogens is 4. The van der Waals surface area contributed by atoms with Gasteiger partial charge < -0.3 is 9.64 Å². The fraction of sp³-hybridized carbons (Fsp3) is 0.261. The van der Waals surface area contributed by atoms with Crippen LogP contribution in [-0.2, 0) is 0 Å². The number of aromatic amines is 1. The summed E-state index contributed by atoms with van der Waals surface area (Å²) in [6.45, 7) is 2.14. The molecule has 1 atom stereocenters. The summed E-state index contributed by atoms with van der Waals surface area (Å²) in [4.78, 5) is 22.5. The molecule has 0 saturated carbocycles. The van der Waals surface area contributed by atoms with Crippen LogP contribution in [0.3, 0.4) is 0 Å². The predicted molar refractivity (Wildman–Crippen MR) is 121 cm³/mol. The molecule has 0 bridgehead atoms. The van der Waals surface area contributed by atoms with Crippen LogP contribution in [0.4, 0.5) is 5.95 Å². The Morgan fingerprint density at radius 3 is 2.77 bits per heavy atom. The molecule has 1 N–H and O–H groups in total. The number of piperidine rings is 1. The molecular formula is C23H22ClN5O2. The first-order chi connectivity index (χ1) is 15.2. The fourth-order valence-electron chi connectivity index (χ4n) is 3.98. The first-order valence-electron chi connectivity index (χ1n) is 10.3. The Hall–Kier alpha value is -3.32. The Labute approximate surface area is 184 Å². The lowest BCUT2D eigenvalue weighted by Gasteiger charge is -2.33. The number of rotatable bonds is 5. The van der Waals surface area contributed by atoms with Gasteiger partial charge in [-0.15, -0.1) is 0 Å². The summed E-state index contributed by atoms with van der Waals surface area (Å²) in [5.74, 6) is 1.57. The molecular weight excluding hydrogens is 414 g/mol. The standard InChI is InChI=1S/C23H22ClN5O2/c24-19-10-4-5-11-20(19)31-15-16-7-6-12-28(14-16)23-26-21-18(22(30)27-23)13-25-29(21)17-8-2-1-3-9-17/h1-5,8-11,13,16H,6-7,12,14-15H2,(H,26,27,30). The second-order valence-corrected chi connectivity index (χ2v) is 8.12. The van der Waals surface area contributed by atoms with Gasteiger partial charge in [-0.1, -0.05) is 41.9 Å². The molecule has 5 rings (SSSR count). The number of halogens is 1. The number of H-pyrrole nitrogens is 1. The molecule has 4 aromatic rings. The molecule has 158 valence electrons. The van der Waals surface area contributed by atoms with Crippen molar-refractivity contribution in [2.24, 2.45) is 5.92 Å². The summed E-state index contributed by atoms with van der Waals surface area (Å²) in [6.07, 6.45) is 3.61. The van der Waals surface area contributed by atoms with Crippen molar-refractivity contribution in [3.8, 4) is 11.4 Å². The minimum Gasteiger partial charge on any atom is -0.492 e. The summed E-state index contributed by atoms with van der Waals surface area (Å²) in [7, 11) is 0. The number of nitrogens with one attached hydrogen (secondary N) is 1. The van der Waals surface area contributed by atoms with Crippen molar-refractivity contribution in [2.75, 3.05) is 24.6 Å². The van der Waals surface area contributed by atoms with Crippen LogP contribution in [0.1, 0.15) is 12.8 Å². The van der Waals surface area contributed by atoms with Gasteiger partial charge in [0.1, 0.15) is 11.1 Å². The molecule has 8 heteroatoms. The number of hydrogen-bond donors (Lipinski definition) is 1. The van der Waals surface area contributed by atoms with Gasteiger partial charge in [-0.05, 0) is 37.1 Å². The van der Waals surface area contributed by atoms with Gasteiger partial charge in [-0.3, -0.25) is 9.78 Å². The number of para-hydroxylation sites is 2. The van der Waals surface area contributed by atoms with Crippen LogP contribution in [-0.4, -0.2) is 39.4 Å². The summed E-state index contributed by atoms with van der Waals surface area (Å²) in [5.41, 5.74) is 1.24. The largest absolute Gasteiger partial charge is 0.492 e. The smallest absolute Gasteiger partial charge is 0.263 e. The highest BCUT2D eigenvalue weighted by atomic mass is 35.5. The van der Waals surface area contributed by atoms with Gasteiger partial charge in [-0.25, -0.2) is 4.68 Å². The molecule has 1 aliphatic rings. The van der Waals surface area contributed by atoms with Crippen molar-refractivity contribution in [2.45, 2.75) is 12.8 Å². The third-order valence-corrected chi connectivity index (χ3v) is 5.87. The first kappa shape index (κ1) is 19.6. The topological polar surface area (TPSA) is 76.0 Å². The van der Waals surface area contributed by atoms with Gasteiger partial charge in [0, 0.05) is 19.0 Å². The number of nitrogens with zero attached hydrogens (tertiary/aromatic N) is 4. The molecule has 2 aromatic carbocycles. The fourth-order valence-corrected chi connectivity index (χ4v) is 4.17. The van der Waals surface area contributed by atoms with Crippen LogP contribution in [0, 0.1) is 5.92 Å². The lowest BCUT2D eigenvalue weighted by molar-refractivity contribution is 0.228. The van der Waals surface area contributed by atoms with E-state index in [-0.39, 0.29) is 5.56 Å². The van der Waals surface area contributed by atoms with E-state index in [4.69, 9.17) is 21.3 Å². The maximum Gasteiger partial charge on any atom is 0.263 e. The van der Waals surface area contributed by atoms with Crippen molar-refractivity contribution >= 4 is 28.6 Å². The summed E-state index contributed by atoms with van der Waals surface area (Å²) < 4.78 is 7.66. The van der Waals surface area contributed by atoms with E-state index in [0.717, 1.165) is 31.6 Å². The quantitative estimate of drug-likeness (QED) is 0.511. The Morgan fingerprint density at radius 2 is 1.94 bits per heavy atom. The van der Waals surface area contributed by atoms with Crippen molar-refractivity contribution in [1.82, 2.24) is 19.7 Å². The average Bonchev–Trinajstić information content (AvgIpc) is 3.24. The number of ether oxygens (including phenoxy) is 1. The monoisotopic (exact) mass is 435 g/mol. The van der Waals surface area contributed by atoms with Crippen LogP contribution >= 0.6 is 11.6 Å². The predicted octanol–water partition coefficient (Wildman–Crippen LogP) is 4.06. The van der Waals surface area contributed by atoms with E-state index in [2.05, 4.69) is 15.0 Å². The second-order valence-electron chi connectivity index (χ2n) is 7.71. The molecule has 3 heterocycles. The van der Waals surface area contributed by atoms with Gasteiger partial charge in [0.2, 0.25) is 5.95 Å². The van der Waals surface area contributed by atoms with Crippen molar-refractivity contribution < 1.29 is 4.74 Å². The second kappa shape index (κ2) is 8.43. The Bertz CT molecular complexity index is 1250. The highest BCUT2D eigenvalue weighted by Gasteiger charge is 2.24. The number of anilines is 1. The van der Waals surface area contributed by atoms with Gasteiger partial charge in [-0.2, -0.15) is 10.1 Å². The maximum absolute atomic E-state index is 12.7. The SMILES string of the molecule is O=c1[nH]c(N2CCCC(COc3ccccc3Cl)C2)nc2c1cnn2-c1ccccc1. The van der Waals surface area contributed by atoms with Crippen molar-refractivity contribution in [1.29, 1.82) is 0 Å². The van der Waals surface area contributed by atoms with Gasteiger partial charge in [0.25, 0.3) is 5.56 Å². The molecule has 1 fully saturated rings. The summed E-state index contributed by atoms with van der Waals surface area (Å²) in [6, 6.07) is 17.2. The molecule has 1 saturated heterocycles. The molecule has 0 amide bonds. The highest BCUT2D eigenvalue weighted by Crippen LogP contribution is 2.26. The van der Waals surface area contributed by atoms with E-state index in [0.29, 0.717) is 40.3 Å². The lowest BCUT2D eigenvalue weighted by atomic mass is 9.99. The van der Waals surface area contributed by atoms with Gasteiger partial charge >= 0.3 is 0 Å². The summed E-state index contributed by atoms with van der Waals surface area (Å²) in [5, 5.41) is 5.47. The van der Waals surface area contributed by atoms with E-state index in [1.54, 1.807) is 10.9 Å². The molecule has 0 radical (unpaired) electrons. The van der Waals surface area contributed by atoms with Crippen LogP contribution in [0.25, 0.3) is 16.7 Å². The molecule has 1 aliphatic heterocycles. The van der Waals surface area contributed by atoms with E-state index in [1.165, 1.54) is 0 Å². The third kappa shape index (κ3) is 4.01. The van der Waals surface area contributed by atoms with E-state index in [9.17, 15) is 4.79 Å². The van der Waals surface area contributed by atoms with E-state index < -0.39 is 0 Å². The molecule has 1 unspecified atom stereocenters.